The van der Waals surface area contributed by atoms with Crippen molar-refractivity contribution in [3.05, 3.63) is 94.0 Å². The molecule has 0 saturated carbocycles. The Kier molecular flexibility index (Phi) is 6.68. The van der Waals surface area contributed by atoms with Gasteiger partial charge in [0.15, 0.2) is 0 Å². The van der Waals surface area contributed by atoms with E-state index < -0.39 is 0 Å². The lowest BCUT2D eigenvalue weighted by Crippen LogP contribution is -2.15. The summed E-state index contributed by atoms with van der Waals surface area (Å²) >= 11 is 6.22. The first-order chi connectivity index (χ1) is 13.9. The Hall–Kier alpha value is -3.11. The normalized spacial score (nSPS) is 10.4. The Morgan fingerprint density at radius 2 is 1.55 bits per heavy atom. The highest BCUT2D eigenvalue weighted by atomic mass is 35.5. The van der Waals surface area contributed by atoms with Crippen molar-refractivity contribution in [2.45, 2.75) is 26.7 Å². The second-order valence-electron chi connectivity index (χ2n) is 7.06. The first-order valence-electron chi connectivity index (χ1n) is 9.44. The van der Waals surface area contributed by atoms with Gasteiger partial charge in [-0.15, -0.1) is 0 Å². The molecule has 0 fully saturated rings. The van der Waals surface area contributed by atoms with Gasteiger partial charge in [-0.2, -0.15) is 0 Å². The standard InChI is InChI=1S/C24H23ClN2O2/c1-16-12-17(2)14-20(13-16)26-24(29)19-9-10-21(25)22(15-19)27-23(28)11-8-18-6-4-3-5-7-18/h3-7,9-10,12-15H,8,11H2,1-2H3,(H,26,29)(H,27,28). The van der Waals surface area contributed by atoms with E-state index in [1.54, 1.807) is 18.2 Å². The summed E-state index contributed by atoms with van der Waals surface area (Å²) in [5.41, 5.74) is 4.82. The molecule has 0 saturated heterocycles. The van der Waals surface area contributed by atoms with Crippen LogP contribution >= 0.6 is 11.6 Å². The fourth-order valence-electron chi connectivity index (χ4n) is 3.13. The number of anilines is 2. The Labute approximate surface area is 175 Å². The maximum absolute atomic E-state index is 12.6. The number of benzene rings is 3. The summed E-state index contributed by atoms with van der Waals surface area (Å²) in [4.78, 5) is 24.9. The molecule has 3 aromatic carbocycles. The van der Waals surface area contributed by atoms with Gasteiger partial charge in [-0.05, 0) is 67.3 Å². The average molecular weight is 407 g/mol. The smallest absolute Gasteiger partial charge is 0.255 e. The van der Waals surface area contributed by atoms with Crippen molar-refractivity contribution in [2.24, 2.45) is 0 Å². The molecule has 2 amide bonds. The fourth-order valence-corrected chi connectivity index (χ4v) is 3.29. The van der Waals surface area contributed by atoms with Crippen LogP contribution in [-0.4, -0.2) is 11.8 Å². The van der Waals surface area contributed by atoms with Crippen LogP contribution in [0.2, 0.25) is 5.02 Å². The first kappa shape index (κ1) is 20.6. The molecule has 2 N–H and O–H groups in total. The summed E-state index contributed by atoms with van der Waals surface area (Å²) in [7, 11) is 0. The molecule has 148 valence electrons. The molecule has 0 bridgehead atoms. The van der Waals surface area contributed by atoms with Crippen LogP contribution in [0.3, 0.4) is 0 Å². The number of nitrogens with one attached hydrogen (secondary N) is 2. The van der Waals surface area contributed by atoms with Crippen molar-refractivity contribution in [1.82, 2.24) is 0 Å². The molecular formula is C24H23ClN2O2. The summed E-state index contributed by atoms with van der Waals surface area (Å²) in [6, 6.07) is 20.5. The van der Waals surface area contributed by atoms with Gasteiger partial charge in [-0.3, -0.25) is 9.59 Å². The van der Waals surface area contributed by atoms with E-state index in [2.05, 4.69) is 10.6 Å². The van der Waals surface area contributed by atoms with Crippen LogP contribution in [0, 0.1) is 13.8 Å². The van der Waals surface area contributed by atoms with Crippen molar-refractivity contribution >= 4 is 34.8 Å². The maximum Gasteiger partial charge on any atom is 0.255 e. The van der Waals surface area contributed by atoms with Gasteiger partial charge in [0.05, 0.1) is 10.7 Å². The molecule has 0 radical (unpaired) electrons. The third-order valence-corrected chi connectivity index (χ3v) is 4.80. The van der Waals surface area contributed by atoms with Gasteiger partial charge in [0.1, 0.15) is 0 Å². The summed E-state index contributed by atoms with van der Waals surface area (Å²) in [5.74, 6) is -0.408. The largest absolute Gasteiger partial charge is 0.325 e. The number of amides is 2. The van der Waals surface area contributed by atoms with Gasteiger partial charge in [0.2, 0.25) is 5.91 Å². The molecule has 0 spiro atoms. The van der Waals surface area contributed by atoms with Gasteiger partial charge < -0.3 is 10.6 Å². The van der Waals surface area contributed by atoms with E-state index in [0.29, 0.717) is 29.1 Å². The van der Waals surface area contributed by atoms with Crippen molar-refractivity contribution in [2.75, 3.05) is 10.6 Å². The Balaban J connectivity index is 1.67. The van der Waals surface area contributed by atoms with E-state index in [1.807, 2.05) is 62.4 Å². The third kappa shape index (κ3) is 5.93. The van der Waals surface area contributed by atoms with E-state index >= 15 is 0 Å². The van der Waals surface area contributed by atoms with Crippen LogP contribution in [0.15, 0.2) is 66.7 Å². The number of hydrogen-bond donors (Lipinski definition) is 2. The summed E-state index contributed by atoms with van der Waals surface area (Å²) in [6.45, 7) is 3.96. The zero-order valence-electron chi connectivity index (χ0n) is 16.5. The second-order valence-corrected chi connectivity index (χ2v) is 7.47. The Bertz CT molecular complexity index is 1010. The molecule has 0 aliphatic rings. The van der Waals surface area contributed by atoms with Gasteiger partial charge in [0, 0.05) is 17.7 Å². The molecule has 3 aromatic rings. The summed E-state index contributed by atoms with van der Waals surface area (Å²) < 4.78 is 0. The van der Waals surface area contributed by atoms with E-state index in [-0.39, 0.29) is 11.8 Å². The summed E-state index contributed by atoms with van der Waals surface area (Å²) in [6.07, 6.45) is 0.969. The first-order valence-corrected chi connectivity index (χ1v) is 9.81. The number of carbonyl (C=O) groups is 2. The molecular weight excluding hydrogens is 384 g/mol. The molecule has 5 heteroatoms. The molecule has 0 aliphatic carbocycles. The van der Waals surface area contributed by atoms with Gasteiger partial charge >= 0.3 is 0 Å². The van der Waals surface area contributed by atoms with Crippen molar-refractivity contribution in [3.63, 3.8) is 0 Å². The van der Waals surface area contributed by atoms with Crippen molar-refractivity contribution in [3.8, 4) is 0 Å². The van der Waals surface area contributed by atoms with Crippen LogP contribution in [-0.2, 0) is 11.2 Å². The number of halogens is 1. The van der Waals surface area contributed by atoms with Crippen LogP contribution in [0.25, 0.3) is 0 Å². The minimum Gasteiger partial charge on any atom is -0.325 e. The number of hydrogen-bond acceptors (Lipinski definition) is 2. The monoisotopic (exact) mass is 406 g/mol. The highest BCUT2D eigenvalue weighted by Gasteiger charge is 2.12. The molecule has 3 rings (SSSR count). The highest BCUT2D eigenvalue weighted by Crippen LogP contribution is 2.24. The van der Waals surface area contributed by atoms with Crippen LogP contribution in [0.1, 0.15) is 33.5 Å². The number of carbonyl (C=O) groups excluding carboxylic acids is 2. The third-order valence-electron chi connectivity index (χ3n) is 4.47. The van der Waals surface area contributed by atoms with E-state index in [9.17, 15) is 9.59 Å². The van der Waals surface area contributed by atoms with Gasteiger partial charge in [0.25, 0.3) is 5.91 Å². The molecule has 4 nitrogen and oxygen atoms in total. The van der Waals surface area contributed by atoms with Crippen LogP contribution < -0.4 is 10.6 Å². The predicted octanol–water partition coefficient (Wildman–Crippen LogP) is 5.78. The lowest BCUT2D eigenvalue weighted by Gasteiger charge is -2.11. The zero-order chi connectivity index (χ0) is 20.8. The van der Waals surface area contributed by atoms with Crippen molar-refractivity contribution < 1.29 is 9.59 Å². The van der Waals surface area contributed by atoms with E-state index in [0.717, 1.165) is 22.4 Å². The lowest BCUT2D eigenvalue weighted by atomic mass is 10.1. The molecule has 0 aromatic heterocycles. The van der Waals surface area contributed by atoms with E-state index in [4.69, 9.17) is 11.6 Å². The average Bonchev–Trinajstić information content (AvgIpc) is 2.68. The zero-order valence-corrected chi connectivity index (χ0v) is 17.2. The number of rotatable bonds is 6. The molecule has 29 heavy (non-hydrogen) atoms. The molecule has 0 atom stereocenters. The number of aryl methyl sites for hydroxylation is 3. The lowest BCUT2D eigenvalue weighted by molar-refractivity contribution is -0.116. The SMILES string of the molecule is Cc1cc(C)cc(NC(=O)c2ccc(Cl)c(NC(=O)CCc3ccccc3)c2)c1. The Morgan fingerprint density at radius 3 is 2.24 bits per heavy atom. The van der Waals surface area contributed by atoms with Crippen molar-refractivity contribution in [1.29, 1.82) is 0 Å². The second kappa shape index (κ2) is 9.39. The Morgan fingerprint density at radius 1 is 0.862 bits per heavy atom. The minimum atomic E-state index is -0.258. The minimum absolute atomic E-state index is 0.150. The van der Waals surface area contributed by atoms with Crippen LogP contribution in [0.4, 0.5) is 11.4 Å². The topological polar surface area (TPSA) is 58.2 Å². The predicted molar refractivity (Wildman–Crippen MR) is 119 cm³/mol. The maximum atomic E-state index is 12.6. The summed E-state index contributed by atoms with van der Waals surface area (Å²) in [5, 5.41) is 6.09. The highest BCUT2D eigenvalue weighted by molar-refractivity contribution is 6.34. The van der Waals surface area contributed by atoms with Gasteiger partial charge in [-0.25, -0.2) is 0 Å². The molecule has 0 aliphatic heterocycles. The molecule has 0 heterocycles. The fraction of sp³-hybridized carbons (Fsp3) is 0.167. The quantitative estimate of drug-likeness (QED) is 0.545. The van der Waals surface area contributed by atoms with Gasteiger partial charge in [-0.1, -0.05) is 48.0 Å². The van der Waals surface area contributed by atoms with E-state index in [1.165, 1.54) is 0 Å². The molecule has 0 unspecified atom stereocenters. The van der Waals surface area contributed by atoms with Crippen LogP contribution in [0.5, 0.6) is 0 Å².